The van der Waals surface area contributed by atoms with Gasteiger partial charge in [0.05, 0.1) is 5.56 Å². The molecule has 86 valence electrons. The van der Waals surface area contributed by atoms with Crippen LogP contribution < -0.4 is 5.56 Å². The van der Waals surface area contributed by atoms with E-state index in [4.69, 9.17) is 0 Å². The molecule has 0 fully saturated rings. The normalized spacial score (nSPS) is 10.2. The first-order chi connectivity index (χ1) is 8.08. The lowest BCUT2D eigenvalue weighted by Crippen LogP contribution is -2.15. The second-order valence-electron chi connectivity index (χ2n) is 3.68. The lowest BCUT2D eigenvalue weighted by molar-refractivity contribution is 0.101. The first-order valence-corrected chi connectivity index (χ1v) is 5.08. The zero-order valence-electron chi connectivity index (χ0n) is 9.16. The number of ketones is 1. The van der Waals surface area contributed by atoms with E-state index in [1.54, 1.807) is 18.2 Å². The van der Waals surface area contributed by atoms with Crippen molar-refractivity contribution in [1.82, 2.24) is 4.98 Å². The van der Waals surface area contributed by atoms with Gasteiger partial charge in [-0.2, -0.15) is 0 Å². The Hall–Kier alpha value is -2.23. The van der Waals surface area contributed by atoms with Crippen molar-refractivity contribution in [2.45, 2.75) is 6.92 Å². The third-order valence-electron chi connectivity index (χ3n) is 2.44. The summed E-state index contributed by atoms with van der Waals surface area (Å²) in [6, 6.07) is 8.85. The summed E-state index contributed by atoms with van der Waals surface area (Å²) in [6.45, 7) is 1.34. The second kappa shape index (κ2) is 4.33. The van der Waals surface area contributed by atoms with Crippen LogP contribution in [0.15, 0.2) is 41.2 Å². The SMILES string of the molecule is CC(=O)c1ccc(-c2ccc(F)cc2)[nH]c1=O. The highest BCUT2D eigenvalue weighted by Crippen LogP contribution is 2.15. The standard InChI is InChI=1S/C13H10FNO2/c1-8(16)11-6-7-12(15-13(11)17)9-2-4-10(14)5-3-9/h2-7H,1H3,(H,15,17). The van der Waals surface area contributed by atoms with Gasteiger partial charge in [-0.25, -0.2) is 4.39 Å². The molecule has 0 unspecified atom stereocenters. The van der Waals surface area contributed by atoms with E-state index in [-0.39, 0.29) is 17.2 Å². The van der Waals surface area contributed by atoms with Crippen LogP contribution in [0.4, 0.5) is 4.39 Å². The van der Waals surface area contributed by atoms with Crippen LogP contribution in [0, 0.1) is 5.82 Å². The molecule has 0 aliphatic heterocycles. The van der Waals surface area contributed by atoms with E-state index in [1.807, 2.05) is 0 Å². The van der Waals surface area contributed by atoms with Gasteiger partial charge in [0.25, 0.3) is 5.56 Å². The van der Waals surface area contributed by atoms with E-state index in [9.17, 15) is 14.0 Å². The molecule has 0 spiro atoms. The van der Waals surface area contributed by atoms with Crippen LogP contribution in [0.1, 0.15) is 17.3 Å². The molecule has 0 amide bonds. The molecule has 4 heteroatoms. The minimum absolute atomic E-state index is 0.121. The number of pyridine rings is 1. The number of hydrogen-bond acceptors (Lipinski definition) is 2. The molecule has 1 heterocycles. The molecule has 0 saturated carbocycles. The van der Waals surface area contributed by atoms with Crippen LogP contribution in [0.5, 0.6) is 0 Å². The molecule has 0 radical (unpaired) electrons. The minimum atomic E-state index is -0.431. The zero-order chi connectivity index (χ0) is 12.4. The van der Waals surface area contributed by atoms with Crippen LogP contribution in [0.3, 0.4) is 0 Å². The summed E-state index contributed by atoms with van der Waals surface area (Å²) in [7, 11) is 0. The number of halogens is 1. The quantitative estimate of drug-likeness (QED) is 0.807. The first-order valence-electron chi connectivity index (χ1n) is 5.08. The highest BCUT2D eigenvalue weighted by atomic mass is 19.1. The van der Waals surface area contributed by atoms with Gasteiger partial charge in [-0.1, -0.05) is 0 Å². The van der Waals surface area contributed by atoms with Gasteiger partial charge in [-0.3, -0.25) is 9.59 Å². The fourth-order valence-electron chi connectivity index (χ4n) is 1.55. The predicted molar refractivity (Wildman–Crippen MR) is 62.5 cm³/mol. The fourth-order valence-corrected chi connectivity index (χ4v) is 1.55. The van der Waals surface area contributed by atoms with Crippen LogP contribution in [0.2, 0.25) is 0 Å². The molecule has 0 bridgehead atoms. The van der Waals surface area contributed by atoms with Gasteiger partial charge >= 0.3 is 0 Å². The third-order valence-corrected chi connectivity index (χ3v) is 2.44. The number of aromatic amines is 1. The Labute approximate surface area is 96.9 Å². The summed E-state index contributed by atoms with van der Waals surface area (Å²) >= 11 is 0. The Bertz CT molecular complexity index is 614. The average Bonchev–Trinajstić information content (AvgIpc) is 2.29. The molecule has 17 heavy (non-hydrogen) atoms. The van der Waals surface area contributed by atoms with Gasteiger partial charge in [-0.05, 0) is 48.9 Å². The van der Waals surface area contributed by atoms with Crippen LogP contribution in [-0.4, -0.2) is 10.8 Å². The van der Waals surface area contributed by atoms with Crippen LogP contribution >= 0.6 is 0 Å². The van der Waals surface area contributed by atoms with E-state index in [0.29, 0.717) is 11.3 Å². The van der Waals surface area contributed by atoms with Crippen molar-refractivity contribution in [3.05, 3.63) is 58.1 Å². The van der Waals surface area contributed by atoms with Crippen molar-refractivity contribution in [2.75, 3.05) is 0 Å². The van der Waals surface area contributed by atoms with Crippen molar-refractivity contribution >= 4 is 5.78 Å². The number of carbonyl (C=O) groups is 1. The van der Waals surface area contributed by atoms with Gasteiger partial charge in [0, 0.05) is 5.69 Å². The van der Waals surface area contributed by atoms with Crippen molar-refractivity contribution in [3.8, 4) is 11.3 Å². The van der Waals surface area contributed by atoms with Crippen molar-refractivity contribution in [2.24, 2.45) is 0 Å². The molecule has 3 nitrogen and oxygen atoms in total. The van der Waals surface area contributed by atoms with Gasteiger partial charge in [0.1, 0.15) is 5.82 Å². The molecule has 2 aromatic rings. The van der Waals surface area contributed by atoms with Gasteiger partial charge < -0.3 is 4.98 Å². The lowest BCUT2D eigenvalue weighted by Gasteiger charge is -2.02. The Morgan fingerprint density at radius 2 is 1.76 bits per heavy atom. The van der Waals surface area contributed by atoms with E-state index in [2.05, 4.69) is 4.98 Å². The Morgan fingerprint density at radius 3 is 2.29 bits per heavy atom. The zero-order valence-corrected chi connectivity index (χ0v) is 9.16. The minimum Gasteiger partial charge on any atom is -0.321 e. The maximum absolute atomic E-state index is 12.7. The number of carbonyl (C=O) groups excluding carboxylic acids is 1. The summed E-state index contributed by atoms with van der Waals surface area (Å²) in [4.78, 5) is 25.3. The highest BCUT2D eigenvalue weighted by molar-refractivity contribution is 5.93. The Kier molecular flexibility index (Phi) is 2.87. The van der Waals surface area contributed by atoms with E-state index in [0.717, 1.165) is 0 Å². The average molecular weight is 231 g/mol. The molecule has 2 rings (SSSR count). The third kappa shape index (κ3) is 2.30. The molecular formula is C13H10FNO2. The number of H-pyrrole nitrogens is 1. The van der Waals surface area contributed by atoms with Gasteiger partial charge in [-0.15, -0.1) is 0 Å². The molecule has 1 N–H and O–H groups in total. The summed E-state index contributed by atoms with van der Waals surface area (Å²) < 4.78 is 12.7. The summed E-state index contributed by atoms with van der Waals surface area (Å²) in [6.07, 6.45) is 0. The van der Waals surface area contributed by atoms with Crippen molar-refractivity contribution < 1.29 is 9.18 Å². The number of benzene rings is 1. The largest absolute Gasteiger partial charge is 0.321 e. The van der Waals surface area contributed by atoms with Crippen molar-refractivity contribution in [1.29, 1.82) is 0 Å². The van der Waals surface area contributed by atoms with E-state index in [1.165, 1.54) is 25.1 Å². The topological polar surface area (TPSA) is 49.9 Å². The number of rotatable bonds is 2. The molecule has 0 aliphatic carbocycles. The number of Topliss-reactive ketones (excluding diaryl/α,β-unsaturated/α-hetero) is 1. The molecule has 1 aromatic carbocycles. The summed E-state index contributed by atoms with van der Waals surface area (Å²) in [5.41, 5.74) is 0.939. The molecule has 0 saturated heterocycles. The van der Waals surface area contributed by atoms with Crippen LogP contribution in [-0.2, 0) is 0 Å². The predicted octanol–water partition coefficient (Wildman–Crippen LogP) is 2.38. The maximum Gasteiger partial charge on any atom is 0.259 e. The van der Waals surface area contributed by atoms with Gasteiger partial charge in [0.15, 0.2) is 5.78 Å². The second-order valence-corrected chi connectivity index (χ2v) is 3.68. The number of nitrogens with one attached hydrogen (secondary N) is 1. The smallest absolute Gasteiger partial charge is 0.259 e. The van der Waals surface area contributed by atoms with Crippen LogP contribution in [0.25, 0.3) is 11.3 Å². The van der Waals surface area contributed by atoms with Crippen molar-refractivity contribution in [3.63, 3.8) is 0 Å². The summed E-state index contributed by atoms with van der Waals surface area (Å²) in [5.74, 6) is -0.617. The van der Waals surface area contributed by atoms with E-state index < -0.39 is 5.56 Å². The van der Waals surface area contributed by atoms with Gasteiger partial charge in [0.2, 0.25) is 0 Å². The monoisotopic (exact) mass is 231 g/mol. The fraction of sp³-hybridized carbons (Fsp3) is 0.0769. The Morgan fingerprint density at radius 1 is 1.12 bits per heavy atom. The Balaban J connectivity index is 2.48. The molecule has 0 atom stereocenters. The molecule has 1 aromatic heterocycles. The molecular weight excluding hydrogens is 221 g/mol. The lowest BCUT2D eigenvalue weighted by atomic mass is 10.1. The van der Waals surface area contributed by atoms with E-state index >= 15 is 0 Å². The summed E-state index contributed by atoms with van der Waals surface area (Å²) in [5, 5.41) is 0. The maximum atomic E-state index is 12.7. The highest BCUT2D eigenvalue weighted by Gasteiger charge is 2.06. The number of aromatic nitrogens is 1. The number of hydrogen-bond donors (Lipinski definition) is 1. The molecule has 0 aliphatic rings. The first kappa shape index (κ1) is 11.3.